The van der Waals surface area contributed by atoms with Gasteiger partial charge in [-0.2, -0.15) is 0 Å². The van der Waals surface area contributed by atoms with E-state index in [1.54, 1.807) is 11.3 Å². The molecule has 2 aromatic rings. The maximum atomic E-state index is 5.94. The van der Waals surface area contributed by atoms with Crippen molar-refractivity contribution in [1.29, 1.82) is 0 Å². The Morgan fingerprint density at radius 2 is 1.75 bits per heavy atom. The van der Waals surface area contributed by atoms with E-state index in [0.717, 1.165) is 10.2 Å². The summed E-state index contributed by atoms with van der Waals surface area (Å²) in [7, 11) is 0. The van der Waals surface area contributed by atoms with Crippen LogP contribution in [0.1, 0.15) is 26.9 Å². The van der Waals surface area contributed by atoms with Crippen LogP contribution in [0, 0.1) is 20.8 Å². The van der Waals surface area contributed by atoms with Crippen LogP contribution in [0.25, 0.3) is 0 Å². The molecule has 3 N–H and O–H groups in total. The van der Waals surface area contributed by atoms with Crippen LogP contribution < -0.4 is 11.1 Å². The van der Waals surface area contributed by atoms with Crippen LogP contribution in [0.5, 0.6) is 0 Å². The first-order valence-corrected chi connectivity index (χ1v) is 8.81. The zero-order valence-corrected chi connectivity index (χ0v) is 15.7. The molecule has 0 saturated carbocycles. The van der Waals surface area contributed by atoms with Gasteiger partial charge in [-0.15, -0.1) is 11.3 Å². The van der Waals surface area contributed by atoms with Crippen molar-refractivity contribution in [2.24, 2.45) is 5.73 Å². The fourth-order valence-electron chi connectivity index (χ4n) is 2.13. The highest BCUT2D eigenvalue weighted by molar-refractivity contribution is 9.10. The Bertz CT molecular complexity index is 580. The van der Waals surface area contributed by atoms with Gasteiger partial charge in [0.25, 0.3) is 0 Å². The number of halogens is 2. The van der Waals surface area contributed by atoms with E-state index in [4.69, 9.17) is 5.73 Å². The quantitative estimate of drug-likeness (QED) is 0.707. The monoisotopic (exact) mass is 416 g/mol. The van der Waals surface area contributed by atoms with E-state index in [1.165, 1.54) is 25.4 Å². The molecule has 0 amide bonds. The van der Waals surface area contributed by atoms with E-state index in [1.807, 2.05) is 0 Å². The molecule has 0 aliphatic rings. The summed E-state index contributed by atoms with van der Waals surface area (Å²) in [4.78, 5) is 2.54. The highest BCUT2D eigenvalue weighted by Gasteiger charge is 2.14. The third kappa shape index (κ3) is 3.45. The zero-order valence-electron chi connectivity index (χ0n) is 11.8. The number of benzene rings is 1. The normalized spacial score (nSPS) is 12.5. The Hall–Kier alpha value is -0.360. The number of nitrogens with two attached hydrogens (primary N) is 1. The molecule has 1 aromatic heterocycles. The van der Waals surface area contributed by atoms with E-state index < -0.39 is 0 Å². The summed E-state index contributed by atoms with van der Waals surface area (Å²) in [5.41, 5.74) is 9.51. The largest absolute Gasteiger partial charge is 0.376 e. The maximum Gasteiger partial charge on any atom is 0.0729 e. The molecule has 0 saturated heterocycles. The lowest BCUT2D eigenvalue weighted by Crippen LogP contribution is -2.19. The molecule has 1 heterocycles. The summed E-state index contributed by atoms with van der Waals surface area (Å²) in [6.07, 6.45) is 0. The third-order valence-corrected chi connectivity index (χ3v) is 6.73. The number of hydrogen-bond acceptors (Lipinski definition) is 3. The molecule has 0 spiro atoms. The van der Waals surface area contributed by atoms with Gasteiger partial charge >= 0.3 is 0 Å². The van der Waals surface area contributed by atoms with Crippen LogP contribution in [0.3, 0.4) is 0 Å². The lowest BCUT2D eigenvalue weighted by molar-refractivity contribution is 0.805. The summed E-state index contributed by atoms with van der Waals surface area (Å²) < 4.78 is 2.32. The number of rotatable bonds is 4. The highest BCUT2D eigenvalue weighted by atomic mass is 79.9. The van der Waals surface area contributed by atoms with Gasteiger partial charge in [0.1, 0.15) is 0 Å². The second-order valence-electron chi connectivity index (χ2n) is 4.91. The van der Waals surface area contributed by atoms with Gasteiger partial charge in [-0.1, -0.05) is 15.9 Å². The molecule has 1 aromatic carbocycles. The van der Waals surface area contributed by atoms with E-state index in [2.05, 4.69) is 76.1 Å². The van der Waals surface area contributed by atoms with Crippen molar-refractivity contribution in [2.75, 3.05) is 11.9 Å². The Morgan fingerprint density at radius 3 is 2.20 bits per heavy atom. The van der Waals surface area contributed by atoms with Crippen LogP contribution in [-0.4, -0.2) is 6.54 Å². The van der Waals surface area contributed by atoms with Gasteiger partial charge < -0.3 is 11.1 Å². The molecular weight excluding hydrogens is 400 g/mol. The van der Waals surface area contributed by atoms with Crippen LogP contribution >= 0.6 is 43.2 Å². The molecule has 0 radical (unpaired) electrons. The topological polar surface area (TPSA) is 38.0 Å². The van der Waals surface area contributed by atoms with Gasteiger partial charge in [-0.25, -0.2) is 0 Å². The molecule has 0 aliphatic carbocycles. The van der Waals surface area contributed by atoms with Crippen LogP contribution in [0.15, 0.2) is 27.1 Å². The molecule has 20 heavy (non-hydrogen) atoms. The first-order chi connectivity index (χ1) is 9.42. The number of anilines is 1. The average molecular weight is 418 g/mol. The SMILES string of the molecule is Cc1cc(NC(CN)c2cc(Br)c(C)s2)cc(C)c1Br. The minimum Gasteiger partial charge on any atom is -0.376 e. The molecule has 5 heteroatoms. The molecule has 1 unspecified atom stereocenters. The molecule has 108 valence electrons. The van der Waals surface area contributed by atoms with Crippen molar-refractivity contribution >= 4 is 48.9 Å². The Balaban J connectivity index is 2.26. The number of nitrogens with one attached hydrogen (secondary N) is 1. The van der Waals surface area contributed by atoms with Crippen LogP contribution in [-0.2, 0) is 0 Å². The summed E-state index contributed by atoms with van der Waals surface area (Å²) in [6.45, 7) is 6.89. The van der Waals surface area contributed by atoms with Crippen molar-refractivity contribution < 1.29 is 0 Å². The van der Waals surface area contributed by atoms with Crippen molar-refractivity contribution in [1.82, 2.24) is 0 Å². The van der Waals surface area contributed by atoms with E-state index in [0.29, 0.717) is 6.54 Å². The second-order valence-corrected chi connectivity index (χ2v) is 7.84. The van der Waals surface area contributed by atoms with Gasteiger partial charge in [0.2, 0.25) is 0 Å². The smallest absolute Gasteiger partial charge is 0.0729 e. The summed E-state index contributed by atoms with van der Waals surface area (Å²) >= 11 is 8.94. The molecule has 0 aliphatic heterocycles. The molecule has 1 atom stereocenters. The van der Waals surface area contributed by atoms with E-state index in [-0.39, 0.29) is 6.04 Å². The zero-order chi connectivity index (χ0) is 14.9. The molecule has 2 nitrogen and oxygen atoms in total. The van der Waals surface area contributed by atoms with Gasteiger partial charge in [0, 0.05) is 30.9 Å². The number of thiophene rings is 1. The van der Waals surface area contributed by atoms with Crippen molar-refractivity contribution in [3.8, 4) is 0 Å². The van der Waals surface area contributed by atoms with E-state index >= 15 is 0 Å². The van der Waals surface area contributed by atoms with Gasteiger partial charge in [0.05, 0.1) is 6.04 Å². The Morgan fingerprint density at radius 1 is 1.15 bits per heavy atom. The highest BCUT2D eigenvalue weighted by Crippen LogP contribution is 2.33. The van der Waals surface area contributed by atoms with Crippen molar-refractivity contribution in [3.63, 3.8) is 0 Å². The molecule has 0 bridgehead atoms. The van der Waals surface area contributed by atoms with Crippen molar-refractivity contribution in [3.05, 3.63) is 48.0 Å². The lowest BCUT2D eigenvalue weighted by atomic mass is 10.1. The van der Waals surface area contributed by atoms with Crippen molar-refractivity contribution in [2.45, 2.75) is 26.8 Å². The van der Waals surface area contributed by atoms with Crippen LogP contribution in [0.4, 0.5) is 5.69 Å². The molecule has 0 fully saturated rings. The van der Waals surface area contributed by atoms with E-state index in [9.17, 15) is 0 Å². The summed E-state index contributed by atoms with van der Waals surface area (Å²) in [5.74, 6) is 0. The number of aryl methyl sites for hydroxylation is 3. The average Bonchev–Trinajstić information content (AvgIpc) is 2.73. The fraction of sp³-hybridized carbons (Fsp3) is 0.333. The summed E-state index contributed by atoms with van der Waals surface area (Å²) in [5, 5.41) is 3.54. The first kappa shape index (κ1) is 16.0. The predicted molar refractivity (Wildman–Crippen MR) is 95.8 cm³/mol. The van der Waals surface area contributed by atoms with Gasteiger partial charge in [-0.3, -0.25) is 0 Å². The molecule has 2 rings (SSSR count). The Kier molecular flexibility index (Phi) is 5.29. The minimum atomic E-state index is 0.143. The standard InChI is InChI=1S/C15H18Br2N2S/c1-8-4-11(5-9(2)15(8)17)19-13(7-18)14-6-12(16)10(3)20-14/h4-6,13,19H,7,18H2,1-3H3. The fourth-order valence-corrected chi connectivity index (χ4v) is 3.98. The first-order valence-electron chi connectivity index (χ1n) is 6.41. The van der Waals surface area contributed by atoms with Gasteiger partial charge in [0.15, 0.2) is 0 Å². The van der Waals surface area contributed by atoms with Gasteiger partial charge in [-0.05, 0) is 66.0 Å². The predicted octanol–water partition coefficient (Wildman–Crippen LogP) is 5.31. The Labute approximate surface area is 141 Å². The maximum absolute atomic E-state index is 5.94. The lowest BCUT2D eigenvalue weighted by Gasteiger charge is -2.18. The minimum absolute atomic E-state index is 0.143. The molecular formula is C15H18Br2N2S. The number of hydrogen-bond donors (Lipinski definition) is 2. The third-order valence-electron chi connectivity index (χ3n) is 3.23. The van der Waals surface area contributed by atoms with Crippen LogP contribution in [0.2, 0.25) is 0 Å². The second kappa shape index (κ2) is 6.60. The summed E-state index contributed by atoms with van der Waals surface area (Å²) in [6, 6.07) is 6.60.